The molecule has 6 heteroatoms. The van der Waals surface area contributed by atoms with Gasteiger partial charge in [0.2, 0.25) is 0 Å². The standard InChI is InChI=1S/C15H16Cl2N2OS/c1-10-5-8-21-14(10)15(20)18-6-7-19(2)13-4-3-11(16)9-12(13)17/h3-5,8-9H,6-7H2,1-2H3,(H,18,20). The van der Waals surface area contributed by atoms with E-state index in [0.717, 1.165) is 16.1 Å². The normalized spacial score (nSPS) is 10.5. The van der Waals surface area contributed by atoms with Crippen molar-refractivity contribution in [2.75, 3.05) is 25.0 Å². The van der Waals surface area contributed by atoms with Crippen molar-refractivity contribution < 1.29 is 4.79 Å². The van der Waals surface area contributed by atoms with E-state index in [0.29, 0.717) is 23.1 Å². The Kier molecular flexibility index (Phi) is 5.51. The van der Waals surface area contributed by atoms with Gasteiger partial charge in [0.15, 0.2) is 0 Å². The van der Waals surface area contributed by atoms with Crippen molar-refractivity contribution in [2.24, 2.45) is 0 Å². The molecule has 0 saturated heterocycles. The molecule has 0 saturated carbocycles. The number of aryl methyl sites for hydroxylation is 1. The van der Waals surface area contributed by atoms with Gasteiger partial charge in [-0.2, -0.15) is 0 Å². The zero-order valence-electron chi connectivity index (χ0n) is 11.8. The largest absolute Gasteiger partial charge is 0.372 e. The molecule has 2 rings (SSSR count). The van der Waals surface area contributed by atoms with Crippen molar-refractivity contribution in [1.82, 2.24) is 5.32 Å². The maximum absolute atomic E-state index is 12.0. The fourth-order valence-corrected chi connectivity index (χ4v) is 3.33. The van der Waals surface area contributed by atoms with Crippen LogP contribution in [-0.4, -0.2) is 26.0 Å². The molecular weight excluding hydrogens is 327 g/mol. The van der Waals surface area contributed by atoms with Crippen molar-refractivity contribution >= 4 is 46.1 Å². The predicted molar refractivity (Wildman–Crippen MR) is 91.1 cm³/mol. The molecule has 0 aliphatic rings. The zero-order valence-corrected chi connectivity index (χ0v) is 14.1. The molecular formula is C15H16Cl2N2OS. The molecule has 0 radical (unpaired) electrons. The molecule has 2 aromatic rings. The number of halogens is 2. The van der Waals surface area contributed by atoms with Gasteiger partial charge < -0.3 is 10.2 Å². The topological polar surface area (TPSA) is 32.3 Å². The molecule has 0 aliphatic heterocycles. The van der Waals surface area contributed by atoms with Crippen molar-refractivity contribution in [1.29, 1.82) is 0 Å². The van der Waals surface area contributed by atoms with Gasteiger partial charge in [-0.1, -0.05) is 23.2 Å². The molecule has 1 N–H and O–H groups in total. The Morgan fingerprint density at radius 3 is 2.71 bits per heavy atom. The number of carbonyl (C=O) groups is 1. The van der Waals surface area contributed by atoms with Crippen LogP contribution in [0.4, 0.5) is 5.69 Å². The number of rotatable bonds is 5. The van der Waals surface area contributed by atoms with Gasteiger partial charge in [-0.05, 0) is 42.1 Å². The number of amides is 1. The lowest BCUT2D eigenvalue weighted by Gasteiger charge is -2.20. The summed E-state index contributed by atoms with van der Waals surface area (Å²) in [6, 6.07) is 7.32. The van der Waals surface area contributed by atoms with Crippen LogP contribution in [0.5, 0.6) is 0 Å². The summed E-state index contributed by atoms with van der Waals surface area (Å²) in [6.45, 7) is 3.15. The van der Waals surface area contributed by atoms with Gasteiger partial charge in [0.25, 0.3) is 5.91 Å². The number of thiophene rings is 1. The van der Waals surface area contributed by atoms with Crippen LogP contribution in [-0.2, 0) is 0 Å². The lowest BCUT2D eigenvalue weighted by atomic mass is 10.3. The first-order valence-corrected chi connectivity index (χ1v) is 8.11. The van der Waals surface area contributed by atoms with E-state index in [1.807, 2.05) is 36.4 Å². The van der Waals surface area contributed by atoms with Gasteiger partial charge in [0.1, 0.15) is 0 Å². The molecule has 0 fully saturated rings. The lowest BCUT2D eigenvalue weighted by Crippen LogP contribution is -2.33. The summed E-state index contributed by atoms with van der Waals surface area (Å²) in [5.74, 6) is -0.0295. The molecule has 0 unspecified atom stereocenters. The molecule has 0 bridgehead atoms. The Morgan fingerprint density at radius 1 is 1.33 bits per heavy atom. The molecule has 3 nitrogen and oxygen atoms in total. The van der Waals surface area contributed by atoms with E-state index in [2.05, 4.69) is 5.32 Å². The first kappa shape index (κ1) is 16.1. The number of likely N-dealkylation sites (N-methyl/N-ethyl adjacent to an activating group) is 1. The van der Waals surface area contributed by atoms with Crippen molar-refractivity contribution in [3.8, 4) is 0 Å². The predicted octanol–water partition coefficient (Wildman–Crippen LogP) is 4.23. The number of carbonyl (C=O) groups excluding carboxylic acids is 1. The number of benzene rings is 1. The molecule has 0 aliphatic carbocycles. The Balaban J connectivity index is 1.88. The summed E-state index contributed by atoms with van der Waals surface area (Å²) >= 11 is 13.5. The summed E-state index contributed by atoms with van der Waals surface area (Å²) in [5.41, 5.74) is 1.90. The van der Waals surface area contributed by atoms with Gasteiger partial charge in [-0.25, -0.2) is 0 Å². The molecule has 112 valence electrons. The minimum Gasteiger partial charge on any atom is -0.372 e. The Hall–Kier alpha value is -1.23. The highest BCUT2D eigenvalue weighted by Gasteiger charge is 2.11. The van der Waals surface area contributed by atoms with E-state index in [4.69, 9.17) is 23.2 Å². The van der Waals surface area contributed by atoms with E-state index >= 15 is 0 Å². The molecule has 1 heterocycles. The number of hydrogen-bond acceptors (Lipinski definition) is 3. The maximum Gasteiger partial charge on any atom is 0.261 e. The second kappa shape index (κ2) is 7.16. The van der Waals surface area contributed by atoms with E-state index in [1.54, 1.807) is 12.1 Å². The Bertz CT molecular complexity index is 642. The SMILES string of the molecule is Cc1ccsc1C(=O)NCCN(C)c1ccc(Cl)cc1Cl. The van der Waals surface area contributed by atoms with E-state index in [1.165, 1.54) is 11.3 Å². The van der Waals surface area contributed by atoms with E-state index < -0.39 is 0 Å². The first-order chi connectivity index (χ1) is 9.99. The average Bonchev–Trinajstić information content (AvgIpc) is 2.84. The molecule has 1 amide bonds. The van der Waals surface area contributed by atoms with Gasteiger partial charge in [0.05, 0.1) is 15.6 Å². The monoisotopic (exact) mass is 342 g/mol. The van der Waals surface area contributed by atoms with Crippen molar-refractivity contribution in [2.45, 2.75) is 6.92 Å². The highest BCUT2D eigenvalue weighted by atomic mass is 35.5. The second-order valence-corrected chi connectivity index (χ2v) is 6.47. The second-order valence-electron chi connectivity index (χ2n) is 4.71. The van der Waals surface area contributed by atoms with Crippen LogP contribution in [0.3, 0.4) is 0 Å². The van der Waals surface area contributed by atoms with Gasteiger partial charge in [0, 0.05) is 25.2 Å². The van der Waals surface area contributed by atoms with Crippen molar-refractivity contribution in [3.05, 3.63) is 50.1 Å². The first-order valence-electron chi connectivity index (χ1n) is 6.47. The summed E-state index contributed by atoms with van der Waals surface area (Å²) < 4.78 is 0. The number of anilines is 1. The van der Waals surface area contributed by atoms with Crippen LogP contribution in [0, 0.1) is 6.92 Å². The van der Waals surface area contributed by atoms with E-state index in [-0.39, 0.29) is 5.91 Å². The highest BCUT2D eigenvalue weighted by molar-refractivity contribution is 7.12. The number of hydrogen-bond donors (Lipinski definition) is 1. The average molecular weight is 343 g/mol. The lowest BCUT2D eigenvalue weighted by molar-refractivity contribution is 0.0958. The smallest absolute Gasteiger partial charge is 0.261 e. The van der Waals surface area contributed by atoms with Crippen LogP contribution in [0.2, 0.25) is 10.0 Å². The fourth-order valence-electron chi connectivity index (χ4n) is 1.93. The molecule has 0 atom stereocenters. The maximum atomic E-state index is 12.0. The van der Waals surface area contributed by atoms with Crippen molar-refractivity contribution in [3.63, 3.8) is 0 Å². The Morgan fingerprint density at radius 2 is 2.10 bits per heavy atom. The summed E-state index contributed by atoms with van der Waals surface area (Å²) in [7, 11) is 1.93. The fraction of sp³-hybridized carbons (Fsp3) is 0.267. The molecule has 21 heavy (non-hydrogen) atoms. The van der Waals surface area contributed by atoms with Crippen LogP contribution in [0.15, 0.2) is 29.6 Å². The summed E-state index contributed by atoms with van der Waals surface area (Å²) in [5, 5.41) is 6.05. The third-order valence-electron chi connectivity index (χ3n) is 3.12. The van der Waals surface area contributed by atoms with Gasteiger partial charge in [-0.15, -0.1) is 11.3 Å². The minimum atomic E-state index is -0.0295. The van der Waals surface area contributed by atoms with Gasteiger partial charge >= 0.3 is 0 Å². The van der Waals surface area contributed by atoms with Crippen LogP contribution in [0.1, 0.15) is 15.2 Å². The van der Waals surface area contributed by atoms with Crippen LogP contribution in [0.25, 0.3) is 0 Å². The Labute approximate surface area is 138 Å². The number of nitrogens with one attached hydrogen (secondary N) is 1. The van der Waals surface area contributed by atoms with E-state index in [9.17, 15) is 4.79 Å². The third-order valence-corrected chi connectivity index (χ3v) is 4.68. The van der Waals surface area contributed by atoms with Gasteiger partial charge in [-0.3, -0.25) is 4.79 Å². The minimum absolute atomic E-state index is 0.0295. The molecule has 1 aromatic heterocycles. The zero-order chi connectivity index (χ0) is 15.4. The number of nitrogens with zero attached hydrogens (tertiary/aromatic N) is 1. The van der Waals surface area contributed by atoms with Crippen LogP contribution < -0.4 is 10.2 Å². The highest BCUT2D eigenvalue weighted by Crippen LogP contribution is 2.27. The molecule has 1 aromatic carbocycles. The molecule has 0 spiro atoms. The summed E-state index contributed by atoms with van der Waals surface area (Å²) in [6.07, 6.45) is 0. The van der Waals surface area contributed by atoms with Crippen LogP contribution >= 0.6 is 34.5 Å². The summed E-state index contributed by atoms with van der Waals surface area (Å²) in [4.78, 5) is 14.7. The third kappa shape index (κ3) is 4.13. The quantitative estimate of drug-likeness (QED) is 0.881.